The van der Waals surface area contributed by atoms with Crippen LogP contribution in [0.15, 0.2) is 42.6 Å². The smallest absolute Gasteiger partial charge is 0.407 e. The second kappa shape index (κ2) is 6.35. The molecule has 2 aromatic rings. The average molecular weight is 285 g/mol. The molecule has 0 unspecified atom stereocenters. The van der Waals surface area contributed by atoms with Crippen molar-refractivity contribution in [1.29, 1.82) is 0 Å². The second-order valence-electron chi connectivity index (χ2n) is 5.62. The Bertz CT molecular complexity index is 606. The van der Waals surface area contributed by atoms with Crippen molar-refractivity contribution in [2.75, 3.05) is 0 Å². The van der Waals surface area contributed by atoms with E-state index in [2.05, 4.69) is 15.5 Å². The lowest BCUT2D eigenvalue weighted by Crippen LogP contribution is -2.32. The van der Waals surface area contributed by atoms with E-state index in [-0.39, 0.29) is 0 Å². The molecule has 110 valence electrons. The van der Waals surface area contributed by atoms with Gasteiger partial charge in [-0.05, 0) is 38.5 Å². The van der Waals surface area contributed by atoms with E-state index < -0.39 is 11.7 Å². The predicted octanol–water partition coefficient (Wildman–Crippen LogP) is 3.17. The SMILES string of the molecule is CC(C)(C)OC(=O)NCc1ccccc1-c1cccnn1. The van der Waals surface area contributed by atoms with E-state index in [1.165, 1.54) is 0 Å². The Morgan fingerprint density at radius 2 is 1.95 bits per heavy atom. The van der Waals surface area contributed by atoms with Gasteiger partial charge in [0.25, 0.3) is 0 Å². The zero-order valence-electron chi connectivity index (χ0n) is 12.5. The fourth-order valence-corrected chi connectivity index (χ4v) is 1.85. The maximum atomic E-state index is 11.7. The molecule has 0 aliphatic heterocycles. The molecule has 1 N–H and O–H groups in total. The van der Waals surface area contributed by atoms with Gasteiger partial charge >= 0.3 is 6.09 Å². The predicted molar refractivity (Wildman–Crippen MR) is 80.5 cm³/mol. The number of hydrogen-bond acceptors (Lipinski definition) is 4. The van der Waals surface area contributed by atoms with Crippen LogP contribution in [0, 0.1) is 0 Å². The highest BCUT2D eigenvalue weighted by Crippen LogP contribution is 2.20. The summed E-state index contributed by atoms with van der Waals surface area (Å²) in [4.78, 5) is 11.7. The number of ether oxygens (including phenoxy) is 1. The largest absolute Gasteiger partial charge is 0.444 e. The van der Waals surface area contributed by atoms with E-state index in [1.807, 2.05) is 57.2 Å². The van der Waals surface area contributed by atoms with E-state index in [1.54, 1.807) is 6.20 Å². The molecule has 0 fully saturated rings. The van der Waals surface area contributed by atoms with Gasteiger partial charge in [0.1, 0.15) is 5.60 Å². The molecule has 5 heteroatoms. The van der Waals surface area contributed by atoms with E-state index in [0.29, 0.717) is 6.54 Å². The minimum absolute atomic E-state index is 0.377. The molecule has 0 aliphatic rings. The summed E-state index contributed by atoms with van der Waals surface area (Å²) in [6.45, 7) is 5.88. The average Bonchev–Trinajstić information content (AvgIpc) is 2.45. The van der Waals surface area contributed by atoms with Crippen molar-refractivity contribution in [2.45, 2.75) is 32.9 Å². The maximum absolute atomic E-state index is 11.7. The highest BCUT2D eigenvalue weighted by atomic mass is 16.6. The first-order valence-electron chi connectivity index (χ1n) is 6.78. The zero-order valence-corrected chi connectivity index (χ0v) is 12.5. The molecule has 1 heterocycles. The van der Waals surface area contributed by atoms with Crippen LogP contribution < -0.4 is 5.32 Å². The number of carbonyl (C=O) groups is 1. The van der Waals surface area contributed by atoms with Gasteiger partial charge in [-0.15, -0.1) is 0 Å². The Morgan fingerprint density at radius 1 is 1.19 bits per heavy atom. The molecule has 1 aromatic heterocycles. The zero-order chi connectivity index (χ0) is 15.3. The minimum atomic E-state index is -0.505. The molecule has 0 saturated heterocycles. The van der Waals surface area contributed by atoms with Crippen molar-refractivity contribution in [3.63, 3.8) is 0 Å². The number of aromatic nitrogens is 2. The highest BCUT2D eigenvalue weighted by molar-refractivity contribution is 5.69. The fourth-order valence-electron chi connectivity index (χ4n) is 1.85. The van der Waals surface area contributed by atoms with Crippen LogP contribution >= 0.6 is 0 Å². The number of amides is 1. The van der Waals surface area contributed by atoms with Gasteiger partial charge in [0.15, 0.2) is 0 Å². The van der Waals surface area contributed by atoms with Crippen molar-refractivity contribution in [3.8, 4) is 11.3 Å². The summed E-state index contributed by atoms with van der Waals surface area (Å²) in [6.07, 6.45) is 1.20. The third kappa shape index (κ3) is 4.56. The molecular formula is C16H19N3O2. The Morgan fingerprint density at radius 3 is 2.62 bits per heavy atom. The van der Waals surface area contributed by atoms with Gasteiger partial charge in [-0.2, -0.15) is 10.2 Å². The quantitative estimate of drug-likeness (QED) is 0.940. The number of hydrogen-bond donors (Lipinski definition) is 1. The molecule has 0 spiro atoms. The van der Waals surface area contributed by atoms with Crippen molar-refractivity contribution in [3.05, 3.63) is 48.2 Å². The van der Waals surface area contributed by atoms with Crippen LogP contribution in [0.5, 0.6) is 0 Å². The van der Waals surface area contributed by atoms with E-state index in [9.17, 15) is 4.79 Å². The Hall–Kier alpha value is -2.43. The number of alkyl carbamates (subject to hydrolysis) is 1. The molecule has 1 amide bonds. The summed E-state index contributed by atoms with van der Waals surface area (Å²) in [5.74, 6) is 0. The van der Waals surface area contributed by atoms with Crippen LogP contribution in [-0.4, -0.2) is 21.9 Å². The van der Waals surface area contributed by atoms with Crippen LogP contribution in [0.2, 0.25) is 0 Å². The first kappa shape index (κ1) is 15.0. The minimum Gasteiger partial charge on any atom is -0.444 e. The van der Waals surface area contributed by atoms with Gasteiger partial charge in [0.05, 0.1) is 5.69 Å². The van der Waals surface area contributed by atoms with Crippen molar-refractivity contribution in [1.82, 2.24) is 15.5 Å². The van der Waals surface area contributed by atoms with E-state index in [4.69, 9.17) is 4.74 Å². The van der Waals surface area contributed by atoms with Gasteiger partial charge < -0.3 is 10.1 Å². The third-order valence-electron chi connectivity index (χ3n) is 2.69. The van der Waals surface area contributed by atoms with Crippen LogP contribution in [0.25, 0.3) is 11.3 Å². The molecule has 0 saturated carbocycles. The van der Waals surface area contributed by atoms with Crippen LogP contribution in [0.4, 0.5) is 4.79 Å². The lowest BCUT2D eigenvalue weighted by atomic mass is 10.0. The van der Waals surface area contributed by atoms with Crippen molar-refractivity contribution >= 4 is 6.09 Å². The van der Waals surface area contributed by atoms with Gasteiger partial charge in [-0.1, -0.05) is 24.3 Å². The fraction of sp³-hybridized carbons (Fsp3) is 0.312. The van der Waals surface area contributed by atoms with Gasteiger partial charge in [-0.25, -0.2) is 4.79 Å². The second-order valence-corrected chi connectivity index (χ2v) is 5.62. The van der Waals surface area contributed by atoms with Crippen LogP contribution in [0.3, 0.4) is 0 Å². The normalized spacial score (nSPS) is 11.0. The Labute approximate surface area is 124 Å². The highest BCUT2D eigenvalue weighted by Gasteiger charge is 2.16. The maximum Gasteiger partial charge on any atom is 0.407 e. The van der Waals surface area contributed by atoms with Crippen molar-refractivity contribution in [2.24, 2.45) is 0 Å². The van der Waals surface area contributed by atoms with Crippen LogP contribution in [-0.2, 0) is 11.3 Å². The van der Waals surface area contributed by atoms with Gasteiger partial charge in [0.2, 0.25) is 0 Å². The summed E-state index contributed by atoms with van der Waals surface area (Å²) < 4.78 is 5.23. The first-order chi connectivity index (χ1) is 9.96. The molecule has 0 bridgehead atoms. The lowest BCUT2D eigenvalue weighted by Gasteiger charge is -2.20. The number of benzene rings is 1. The van der Waals surface area contributed by atoms with E-state index in [0.717, 1.165) is 16.8 Å². The van der Waals surface area contributed by atoms with Gasteiger partial charge in [-0.3, -0.25) is 0 Å². The molecule has 2 rings (SSSR count). The van der Waals surface area contributed by atoms with Crippen LogP contribution in [0.1, 0.15) is 26.3 Å². The molecule has 21 heavy (non-hydrogen) atoms. The summed E-state index contributed by atoms with van der Waals surface area (Å²) in [6, 6.07) is 11.5. The summed E-state index contributed by atoms with van der Waals surface area (Å²) in [7, 11) is 0. The molecule has 5 nitrogen and oxygen atoms in total. The number of nitrogens with one attached hydrogen (secondary N) is 1. The molecule has 1 aromatic carbocycles. The Balaban J connectivity index is 2.10. The van der Waals surface area contributed by atoms with E-state index >= 15 is 0 Å². The monoisotopic (exact) mass is 285 g/mol. The molecule has 0 aliphatic carbocycles. The topological polar surface area (TPSA) is 64.1 Å². The summed E-state index contributed by atoms with van der Waals surface area (Å²) >= 11 is 0. The molecular weight excluding hydrogens is 266 g/mol. The standard InChI is InChI=1S/C16H19N3O2/c1-16(2,3)21-15(20)17-11-12-7-4-5-8-13(12)14-9-6-10-18-19-14/h4-10H,11H2,1-3H3,(H,17,20). The first-order valence-corrected chi connectivity index (χ1v) is 6.78. The number of rotatable bonds is 3. The lowest BCUT2D eigenvalue weighted by molar-refractivity contribution is 0.0523. The third-order valence-corrected chi connectivity index (χ3v) is 2.69. The van der Waals surface area contributed by atoms with Crippen molar-refractivity contribution < 1.29 is 9.53 Å². The molecule has 0 radical (unpaired) electrons. The molecule has 0 atom stereocenters. The number of carbonyl (C=O) groups excluding carboxylic acids is 1. The van der Waals surface area contributed by atoms with Gasteiger partial charge in [0, 0.05) is 18.3 Å². The summed E-state index contributed by atoms with van der Waals surface area (Å²) in [5, 5.41) is 10.7. The Kier molecular flexibility index (Phi) is 4.52. The summed E-state index contributed by atoms with van der Waals surface area (Å²) in [5.41, 5.74) is 2.18. The number of nitrogens with zero attached hydrogens (tertiary/aromatic N) is 2.